The Labute approximate surface area is 126 Å². The van der Waals surface area contributed by atoms with Crippen LogP contribution < -0.4 is 10.2 Å². The first kappa shape index (κ1) is 15.6. The number of nitrogens with zero attached hydrogens (tertiary/aromatic N) is 1. The molecule has 0 saturated heterocycles. The van der Waals surface area contributed by atoms with Crippen molar-refractivity contribution in [1.82, 2.24) is 5.32 Å². The standard InChI is InChI=1S/C16H25ClN2O/c1-3-18-11-12-13(17)7-6-9-14(12)19(2)15-8-4-5-10-16(15)20/h6-7,9,15-16,18,20H,3-5,8,10-11H2,1-2H3. The number of hydrogen-bond acceptors (Lipinski definition) is 3. The van der Waals surface area contributed by atoms with Crippen LogP contribution in [0.4, 0.5) is 5.69 Å². The lowest BCUT2D eigenvalue weighted by molar-refractivity contribution is 0.106. The van der Waals surface area contributed by atoms with Gasteiger partial charge in [-0.15, -0.1) is 0 Å². The van der Waals surface area contributed by atoms with E-state index in [2.05, 4.69) is 30.3 Å². The predicted molar refractivity (Wildman–Crippen MR) is 85.5 cm³/mol. The first-order valence-electron chi connectivity index (χ1n) is 7.54. The van der Waals surface area contributed by atoms with Crippen LogP contribution in [0.15, 0.2) is 18.2 Å². The molecule has 2 N–H and O–H groups in total. The molecule has 0 aromatic heterocycles. The molecule has 0 heterocycles. The lowest BCUT2D eigenvalue weighted by atomic mass is 9.91. The summed E-state index contributed by atoms with van der Waals surface area (Å²) in [5.74, 6) is 0. The van der Waals surface area contributed by atoms with Crippen molar-refractivity contribution in [1.29, 1.82) is 0 Å². The van der Waals surface area contributed by atoms with Gasteiger partial charge in [0.2, 0.25) is 0 Å². The number of rotatable bonds is 5. The van der Waals surface area contributed by atoms with Crippen molar-refractivity contribution < 1.29 is 5.11 Å². The van der Waals surface area contributed by atoms with E-state index in [1.54, 1.807) is 0 Å². The summed E-state index contributed by atoms with van der Waals surface area (Å²) in [6.45, 7) is 3.77. The summed E-state index contributed by atoms with van der Waals surface area (Å²) in [6, 6.07) is 6.21. The molecule has 0 amide bonds. The number of halogens is 1. The van der Waals surface area contributed by atoms with Crippen molar-refractivity contribution in [3.8, 4) is 0 Å². The fourth-order valence-corrected chi connectivity index (χ4v) is 3.26. The normalized spacial score (nSPS) is 22.8. The highest BCUT2D eigenvalue weighted by atomic mass is 35.5. The minimum Gasteiger partial charge on any atom is -0.391 e. The molecule has 0 aliphatic heterocycles. The molecule has 1 fully saturated rings. The Morgan fingerprint density at radius 2 is 2.10 bits per heavy atom. The molecule has 20 heavy (non-hydrogen) atoms. The molecule has 2 atom stereocenters. The Balaban J connectivity index is 2.23. The van der Waals surface area contributed by atoms with Crippen LogP contribution in [0.1, 0.15) is 38.2 Å². The van der Waals surface area contributed by atoms with Crippen LogP contribution >= 0.6 is 11.6 Å². The molecule has 1 aromatic carbocycles. The van der Waals surface area contributed by atoms with Crippen LogP contribution in [-0.2, 0) is 6.54 Å². The van der Waals surface area contributed by atoms with E-state index in [1.165, 1.54) is 6.42 Å². The Morgan fingerprint density at radius 3 is 2.80 bits per heavy atom. The first-order valence-corrected chi connectivity index (χ1v) is 7.92. The predicted octanol–water partition coefficient (Wildman–Crippen LogP) is 3.19. The zero-order valence-electron chi connectivity index (χ0n) is 12.4. The van der Waals surface area contributed by atoms with Gasteiger partial charge in [-0.2, -0.15) is 0 Å². The molecule has 1 aliphatic carbocycles. The fraction of sp³-hybridized carbons (Fsp3) is 0.625. The topological polar surface area (TPSA) is 35.5 Å². The van der Waals surface area contributed by atoms with E-state index in [0.717, 1.165) is 48.6 Å². The van der Waals surface area contributed by atoms with Gasteiger partial charge in [-0.1, -0.05) is 37.4 Å². The Morgan fingerprint density at radius 1 is 1.35 bits per heavy atom. The maximum absolute atomic E-state index is 10.2. The number of nitrogens with one attached hydrogen (secondary N) is 1. The number of benzene rings is 1. The zero-order valence-corrected chi connectivity index (χ0v) is 13.2. The third kappa shape index (κ3) is 3.46. The molecule has 4 heteroatoms. The van der Waals surface area contributed by atoms with Crippen molar-refractivity contribution in [3.63, 3.8) is 0 Å². The maximum Gasteiger partial charge on any atom is 0.0743 e. The molecule has 1 aliphatic rings. The van der Waals surface area contributed by atoms with Gasteiger partial charge in [0.1, 0.15) is 0 Å². The van der Waals surface area contributed by atoms with Crippen LogP contribution in [0, 0.1) is 0 Å². The molecule has 1 aromatic rings. The summed E-state index contributed by atoms with van der Waals surface area (Å²) >= 11 is 6.36. The van der Waals surface area contributed by atoms with Gasteiger partial charge < -0.3 is 15.3 Å². The van der Waals surface area contributed by atoms with Gasteiger partial charge in [0.05, 0.1) is 12.1 Å². The lowest BCUT2D eigenvalue weighted by Gasteiger charge is -2.37. The van der Waals surface area contributed by atoms with Crippen LogP contribution in [0.25, 0.3) is 0 Å². The van der Waals surface area contributed by atoms with E-state index in [0.29, 0.717) is 0 Å². The quantitative estimate of drug-likeness (QED) is 0.876. The highest BCUT2D eigenvalue weighted by Gasteiger charge is 2.28. The van der Waals surface area contributed by atoms with E-state index < -0.39 is 0 Å². The van der Waals surface area contributed by atoms with Crippen molar-refractivity contribution in [2.24, 2.45) is 0 Å². The van der Waals surface area contributed by atoms with Crippen LogP contribution in [0.2, 0.25) is 5.02 Å². The Kier molecular flexibility index (Phi) is 5.70. The first-order chi connectivity index (χ1) is 9.65. The summed E-state index contributed by atoms with van der Waals surface area (Å²) < 4.78 is 0. The summed E-state index contributed by atoms with van der Waals surface area (Å²) in [5.41, 5.74) is 2.25. The molecular formula is C16H25ClN2O. The second kappa shape index (κ2) is 7.30. The van der Waals surface area contributed by atoms with Gasteiger partial charge in [-0.05, 0) is 31.5 Å². The van der Waals surface area contributed by atoms with Gasteiger partial charge in [-0.25, -0.2) is 0 Å². The lowest BCUT2D eigenvalue weighted by Crippen LogP contribution is -2.44. The molecule has 0 spiro atoms. The van der Waals surface area contributed by atoms with Crippen LogP contribution in [0.5, 0.6) is 0 Å². The third-order valence-corrected chi connectivity index (χ3v) is 4.57. The number of likely N-dealkylation sites (N-methyl/N-ethyl adjacent to an activating group) is 1. The number of hydrogen-bond donors (Lipinski definition) is 2. The van der Waals surface area contributed by atoms with E-state index in [9.17, 15) is 5.11 Å². The zero-order chi connectivity index (χ0) is 14.5. The van der Waals surface area contributed by atoms with Gasteiger partial charge in [0.25, 0.3) is 0 Å². The van der Waals surface area contributed by atoms with Gasteiger partial charge >= 0.3 is 0 Å². The van der Waals surface area contributed by atoms with E-state index in [-0.39, 0.29) is 12.1 Å². The number of aliphatic hydroxyl groups excluding tert-OH is 1. The number of anilines is 1. The molecule has 2 rings (SSSR count). The SMILES string of the molecule is CCNCc1c(Cl)cccc1N(C)C1CCCCC1O. The minimum atomic E-state index is -0.236. The fourth-order valence-electron chi connectivity index (χ4n) is 3.02. The summed E-state index contributed by atoms with van der Waals surface area (Å²) in [5, 5.41) is 14.4. The second-order valence-corrected chi connectivity index (χ2v) is 5.96. The summed E-state index contributed by atoms with van der Waals surface area (Å²) in [7, 11) is 2.07. The molecular weight excluding hydrogens is 272 g/mol. The largest absolute Gasteiger partial charge is 0.391 e. The smallest absolute Gasteiger partial charge is 0.0743 e. The van der Waals surface area contributed by atoms with Crippen LogP contribution in [-0.4, -0.2) is 30.8 Å². The maximum atomic E-state index is 10.2. The average molecular weight is 297 g/mol. The highest BCUT2D eigenvalue weighted by molar-refractivity contribution is 6.31. The molecule has 3 nitrogen and oxygen atoms in total. The van der Waals surface area contributed by atoms with Gasteiger partial charge in [0, 0.05) is 29.9 Å². The monoisotopic (exact) mass is 296 g/mol. The Hall–Kier alpha value is -0.770. The van der Waals surface area contributed by atoms with Gasteiger partial charge in [-0.3, -0.25) is 0 Å². The third-order valence-electron chi connectivity index (χ3n) is 4.22. The van der Waals surface area contributed by atoms with Crippen molar-refractivity contribution in [3.05, 3.63) is 28.8 Å². The van der Waals surface area contributed by atoms with Crippen molar-refractivity contribution in [2.45, 2.75) is 51.3 Å². The van der Waals surface area contributed by atoms with Crippen molar-refractivity contribution >= 4 is 17.3 Å². The molecule has 112 valence electrons. The minimum absolute atomic E-state index is 0.197. The average Bonchev–Trinajstić information content (AvgIpc) is 2.45. The molecule has 1 saturated carbocycles. The van der Waals surface area contributed by atoms with E-state index in [4.69, 9.17) is 11.6 Å². The Bertz CT molecular complexity index is 438. The molecule has 2 unspecified atom stereocenters. The second-order valence-electron chi connectivity index (χ2n) is 5.55. The van der Waals surface area contributed by atoms with Crippen LogP contribution in [0.3, 0.4) is 0 Å². The molecule has 0 radical (unpaired) electrons. The molecule has 0 bridgehead atoms. The summed E-state index contributed by atoms with van der Waals surface area (Å²) in [6.07, 6.45) is 4.03. The number of aliphatic hydroxyl groups is 1. The van der Waals surface area contributed by atoms with Gasteiger partial charge in [0.15, 0.2) is 0 Å². The summed E-state index contributed by atoms with van der Waals surface area (Å²) in [4.78, 5) is 2.21. The van der Waals surface area contributed by atoms with Crippen molar-refractivity contribution in [2.75, 3.05) is 18.5 Å². The van der Waals surface area contributed by atoms with E-state index in [1.807, 2.05) is 12.1 Å². The van der Waals surface area contributed by atoms with E-state index >= 15 is 0 Å². The highest BCUT2D eigenvalue weighted by Crippen LogP contribution is 2.32.